The standard InChI is InChI=1S/C14H22N4O2/c1-3-7-15-12(19)5-6-14(20)17-8-4-9-18-13(17)10-11(2)16-18/h10H,3-9H2,1-2H3,(H,15,19). The fourth-order valence-electron chi connectivity index (χ4n) is 2.37. The average molecular weight is 278 g/mol. The van der Waals surface area contributed by atoms with Crippen molar-refractivity contribution in [2.24, 2.45) is 0 Å². The molecule has 0 bridgehead atoms. The predicted molar refractivity (Wildman–Crippen MR) is 76.5 cm³/mol. The number of aromatic nitrogens is 2. The van der Waals surface area contributed by atoms with Gasteiger partial charge >= 0.3 is 0 Å². The Morgan fingerprint density at radius 3 is 2.90 bits per heavy atom. The molecule has 110 valence electrons. The average Bonchev–Trinajstić information content (AvgIpc) is 2.82. The monoisotopic (exact) mass is 278 g/mol. The highest BCUT2D eigenvalue weighted by molar-refractivity contribution is 5.95. The summed E-state index contributed by atoms with van der Waals surface area (Å²) in [4.78, 5) is 25.5. The largest absolute Gasteiger partial charge is 0.356 e. The Kier molecular flexibility index (Phi) is 4.76. The van der Waals surface area contributed by atoms with Gasteiger partial charge in [0.15, 0.2) is 0 Å². The van der Waals surface area contributed by atoms with E-state index in [1.165, 1.54) is 0 Å². The number of amides is 2. The summed E-state index contributed by atoms with van der Waals surface area (Å²) in [5, 5.41) is 7.15. The molecule has 0 atom stereocenters. The second-order valence-corrected chi connectivity index (χ2v) is 5.12. The third kappa shape index (κ3) is 3.37. The first-order valence-corrected chi connectivity index (χ1v) is 7.23. The van der Waals surface area contributed by atoms with E-state index in [1.54, 1.807) is 4.90 Å². The Balaban J connectivity index is 1.92. The molecule has 0 radical (unpaired) electrons. The van der Waals surface area contributed by atoms with E-state index >= 15 is 0 Å². The van der Waals surface area contributed by atoms with Crippen molar-refractivity contribution in [3.05, 3.63) is 11.8 Å². The van der Waals surface area contributed by atoms with E-state index < -0.39 is 0 Å². The maximum atomic E-state index is 12.3. The molecule has 1 N–H and O–H groups in total. The highest BCUT2D eigenvalue weighted by atomic mass is 16.2. The molecule has 0 fully saturated rings. The molecule has 2 rings (SSSR count). The summed E-state index contributed by atoms with van der Waals surface area (Å²) in [5.41, 5.74) is 0.917. The number of hydrogen-bond donors (Lipinski definition) is 1. The van der Waals surface area contributed by atoms with Gasteiger partial charge in [-0.2, -0.15) is 5.10 Å². The molecule has 2 amide bonds. The van der Waals surface area contributed by atoms with Crippen LogP contribution in [0.2, 0.25) is 0 Å². The molecule has 1 aliphatic heterocycles. The van der Waals surface area contributed by atoms with Crippen LogP contribution in [-0.2, 0) is 16.1 Å². The van der Waals surface area contributed by atoms with Crippen molar-refractivity contribution >= 4 is 17.6 Å². The number of aryl methyl sites for hydroxylation is 2. The second-order valence-electron chi connectivity index (χ2n) is 5.12. The van der Waals surface area contributed by atoms with Gasteiger partial charge in [0.25, 0.3) is 0 Å². The van der Waals surface area contributed by atoms with Crippen LogP contribution in [0.1, 0.15) is 38.3 Å². The van der Waals surface area contributed by atoms with E-state index in [4.69, 9.17) is 0 Å². The number of fused-ring (bicyclic) bond motifs is 1. The highest BCUT2D eigenvalue weighted by Crippen LogP contribution is 2.22. The first kappa shape index (κ1) is 14.6. The van der Waals surface area contributed by atoms with Gasteiger partial charge in [-0.1, -0.05) is 6.92 Å². The van der Waals surface area contributed by atoms with E-state index in [1.807, 2.05) is 24.6 Å². The zero-order chi connectivity index (χ0) is 14.5. The minimum atomic E-state index is -0.0538. The van der Waals surface area contributed by atoms with Crippen LogP contribution < -0.4 is 10.2 Å². The normalized spacial score (nSPS) is 14.0. The lowest BCUT2D eigenvalue weighted by molar-refractivity contribution is -0.125. The lowest BCUT2D eigenvalue weighted by atomic mass is 10.2. The topological polar surface area (TPSA) is 67.2 Å². The SMILES string of the molecule is CCCNC(=O)CCC(=O)N1CCCn2nc(C)cc21. The van der Waals surface area contributed by atoms with Crippen LogP contribution in [0, 0.1) is 6.92 Å². The van der Waals surface area contributed by atoms with Crippen molar-refractivity contribution in [1.82, 2.24) is 15.1 Å². The molecule has 6 heteroatoms. The molecule has 0 aliphatic carbocycles. The molecule has 1 aliphatic rings. The second kappa shape index (κ2) is 6.54. The van der Waals surface area contributed by atoms with E-state index in [-0.39, 0.29) is 24.7 Å². The zero-order valence-electron chi connectivity index (χ0n) is 12.2. The van der Waals surface area contributed by atoms with Crippen LogP contribution in [0.4, 0.5) is 5.82 Å². The number of carbonyl (C=O) groups is 2. The Bertz CT molecular complexity index is 495. The fourth-order valence-corrected chi connectivity index (χ4v) is 2.37. The Labute approximate surface area is 119 Å². The number of carbonyl (C=O) groups excluding carboxylic acids is 2. The lowest BCUT2D eigenvalue weighted by Crippen LogP contribution is -2.38. The summed E-state index contributed by atoms with van der Waals surface area (Å²) in [6.07, 6.45) is 2.31. The fraction of sp³-hybridized carbons (Fsp3) is 0.643. The summed E-state index contributed by atoms with van der Waals surface area (Å²) in [5.74, 6) is 0.798. The molecule has 0 unspecified atom stereocenters. The van der Waals surface area contributed by atoms with Crippen molar-refractivity contribution in [2.75, 3.05) is 18.0 Å². The van der Waals surface area contributed by atoms with Gasteiger partial charge in [-0.25, -0.2) is 4.68 Å². The van der Waals surface area contributed by atoms with Gasteiger partial charge in [-0.15, -0.1) is 0 Å². The smallest absolute Gasteiger partial charge is 0.228 e. The first-order valence-electron chi connectivity index (χ1n) is 7.23. The van der Waals surface area contributed by atoms with E-state index in [0.717, 1.165) is 30.9 Å². The molecule has 20 heavy (non-hydrogen) atoms. The molecule has 6 nitrogen and oxygen atoms in total. The molecule has 0 saturated heterocycles. The van der Waals surface area contributed by atoms with E-state index in [2.05, 4.69) is 10.4 Å². The summed E-state index contributed by atoms with van der Waals surface area (Å²) >= 11 is 0. The van der Waals surface area contributed by atoms with Gasteiger partial charge in [-0.05, 0) is 19.8 Å². The molecule has 1 aromatic heterocycles. The zero-order valence-corrected chi connectivity index (χ0v) is 12.2. The summed E-state index contributed by atoms with van der Waals surface area (Å²) < 4.78 is 1.87. The third-order valence-corrected chi connectivity index (χ3v) is 3.35. The number of nitrogens with zero attached hydrogens (tertiary/aromatic N) is 3. The number of rotatable bonds is 5. The van der Waals surface area contributed by atoms with Crippen molar-refractivity contribution in [3.63, 3.8) is 0 Å². The molecular weight excluding hydrogens is 256 g/mol. The Morgan fingerprint density at radius 1 is 1.35 bits per heavy atom. The Hall–Kier alpha value is -1.85. The molecule has 2 heterocycles. The van der Waals surface area contributed by atoms with Crippen molar-refractivity contribution in [3.8, 4) is 0 Å². The third-order valence-electron chi connectivity index (χ3n) is 3.35. The van der Waals surface area contributed by atoms with Crippen molar-refractivity contribution in [2.45, 2.75) is 46.1 Å². The Morgan fingerprint density at radius 2 is 2.15 bits per heavy atom. The van der Waals surface area contributed by atoms with Crippen LogP contribution >= 0.6 is 0 Å². The van der Waals surface area contributed by atoms with Gasteiger partial charge < -0.3 is 5.32 Å². The van der Waals surface area contributed by atoms with Crippen LogP contribution in [0.5, 0.6) is 0 Å². The van der Waals surface area contributed by atoms with Crippen molar-refractivity contribution in [1.29, 1.82) is 0 Å². The number of hydrogen-bond acceptors (Lipinski definition) is 3. The van der Waals surface area contributed by atoms with Gasteiger partial charge in [-0.3, -0.25) is 14.5 Å². The molecule has 0 saturated carbocycles. The molecular formula is C14H22N4O2. The maximum Gasteiger partial charge on any atom is 0.228 e. The van der Waals surface area contributed by atoms with Gasteiger partial charge in [0.05, 0.1) is 5.69 Å². The van der Waals surface area contributed by atoms with Gasteiger partial charge in [0.2, 0.25) is 11.8 Å². The number of nitrogens with one attached hydrogen (secondary N) is 1. The highest BCUT2D eigenvalue weighted by Gasteiger charge is 2.24. The van der Waals surface area contributed by atoms with Crippen LogP contribution in [-0.4, -0.2) is 34.7 Å². The molecule has 1 aromatic rings. The number of anilines is 1. The minimum absolute atomic E-state index is 0.00232. The molecule has 0 spiro atoms. The van der Waals surface area contributed by atoms with Gasteiger partial charge in [0.1, 0.15) is 5.82 Å². The van der Waals surface area contributed by atoms with E-state index in [0.29, 0.717) is 13.1 Å². The van der Waals surface area contributed by atoms with Crippen LogP contribution in [0.3, 0.4) is 0 Å². The first-order chi connectivity index (χ1) is 9.61. The molecule has 0 aromatic carbocycles. The van der Waals surface area contributed by atoms with Crippen LogP contribution in [0.25, 0.3) is 0 Å². The van der Waals surface area contributed by atoms with Crippen molar-refractivity contribution < 1.29 is 9.59 Å². The quantitative estimate of drug-likeness (QED) is 0.881. The maximum absolute atomic E-state index is 12.3. The lowest BCUT2D eigenvalue weighted by Gasteiger charge is -2.27. The minimum Gasteiger partial charge on any atom is -0.356 e. The van der Waals surface area contributed by atoms with Gasteiger partial charge in [0, 0.05) is 38.5 Å². The summed E-state index contributed by atoms with van der Waals surface area (Å²) in [7, 11) is 0. The summed E-state index contributed by atoms with van der Waals surface area (Å²) in [6.45, 7) is 6.15. The van der Waals surface area contributed by atoms with E-state index in [9.17, 15) is 9.59 Å². The predicted octanol–water partition coefficient (Wildman–Crippen LogP) is 1.23. The summed E-state index contributed by atoms with van der Waals surface area (Å²) in [6, 6.07) is 1.92. The van der Waals surface area contributed by atoms with Crippen LogP contribution in [0.15, 0.2) is 6.07 Å².